The lowest BCUT2D eigenvalue weighted by Gasteiger charge is -2.04. The lowest BCUT2D eigenvalue weighted by molar-refractivity contribution is -0.0426. The predicted molar refractivity (Wildman–Crippen MR) is 41.4 cm³/mol. The molecule has 0 fully saturated rings. The first-order valence-corrected chi connectivity index (χ1v) is 3.55. The second-order valence-corrected chi connectivity index (χ2v) is 2.63. The molecule has 0 aliphatic heterocycles. The second kappa shape index (κ2) is 3.36. The Balaban J connectivity index is 3.09. The highest BCUT2D eigenvalue weighted by atomic mass is 35.5. The molecule has 2 N–H and O–H groups in total. The fourth-order valence-corrected chi connectivity index (χ4v) is 1.06. The van der Waals surface area contributed by atoms with E-state index in [0.29, 0.717) is 0 Å². The first-order chi connectivity index (χ1) is 5.11. The van der Waals surface area contributed by atoms with Gasteiger partial charge >= 0.3 is 0 Å². The molecule has 0 saturated carbocycles. The molecule has 1 aromatic heterocycles. The van der Waals surface area contributed by atoms with Crippen molar-refractivity contribution in [2.24, 2.45) is 0 Å². The highest BCUT2D eigenvalue weighted by Gasteiger charge is 2.08. The van der Waals surface area contributed by atoms with Crippen LogP contribution >= 0.6 is 23.2 Å². The molecule has 0 aromatic carbocycles. The van der Waals surface area contributed by atoms with Crippen molar-refractivity contribution in [1.29, 1.82) is 0 Å². The van der Waals surface area contributed by atoms with E-state index in [1.165, 1.54) is 12.1 Å². The van der Waals surface area contributed by atoms with Crippen molar-refractivity contribution in [1.82, 2.24) is 4.98 Å². The summed E-state index contributed by atoms with van der Waals surface area (Å²) in [6.45, 7) is 0. The van der Waals surface area contributed by atoms with Crippen LogP contribution in [0.5, 0.6) is 0 Å². The van der Waals surface area contributed by atoms with E-state index in [1.807, 2.05) is 0 Å². The maximum Gasteiger partial charge on any atom is 0.181 e. The van der Waals surface area contributed by atoms with Gasteiger partial charge in [0, 0.05) is 5.56 Å². The van der Waals surface area contributed by atoms with Crippen LogP contribution in [0, 0.1) is 0 Å². The maximum absolute atomic E-state index is 8.68. The summed E-state index contributed by atoms with van der Waals surface area (Å²) in [5.74, 6) is 0. The van der Waals surface area contributed by atoms with Crippen LogP contribution in [0.4, 0.5) is 0 Å². The first kappa shape index (κ1) is 8.74. The fourth-order valence-electron chi connectivity index (χ4n) is 0.615. The van der Waals surface area contributed by atoms with Gasteiger partial charge < -0.3 is 10.2 Å². The van der Waals surface area contributed by atoms with E-state index in [4.69, 9.17) is 33.4 Å². The lowest BCUT2D eigenvalue weighted by Crippen LogP contribution is -1.96. The van der Waals surface area contributed by atoms with Crippen LogP contribution in [0.15, 0.2) is 12.1 Å². The number of nitrogens with zero attached hydrogens (tertiary/aromatic N) is 1. The number of aliphatic hydroxyl groups excluding tert-OH is 1. The summed E-state index contributed by atoms with van der Waals surface area (Å²) in [6, 6.07) is 2.84. The summed E-state index contributed by atoms with van der Waals surface area (Å²) < 4.78 is 0. The number of rotatable bonds is 1. The molecule has 5 heteroatoms. The number of hydrogen-bond donors (Lipinski definition) is 2. The topological polar surface area (TPSA) is 53.4 Å². The van der Waals surface area contributed by atoms with Gasteiger partial charge in [0.15, 0.2) is 6.29 Å². The number of hydrogen-bond acceptors (Lipinski definition) is 3. The van der Waals surface area contributed by atoms with Gasteiger partial charge in [0.2, 0.25) is 0 Å². The average Bonchev–Trinajstić information content (AvgIpc) is 1.85. The molecule has 0 bridgehead atoms. The third kappa shape index (κ3) is 2.04. The number of aliphatic hydroxyl groups is 2. The monoisotopic (exact) mass is 193 g/mol. The molecule has 0 unspecified atom stereocenters. The van der Waals surface area contributed by atoms with E-state index in [9.17, 15) is 0 Å². The third-order valence-electron chi connectivity index (χ3n) is 1.12. The van der Waals surface area contributed by atoms with E-state index in [1.54, 1.807) is 0 Å². The molecule has 0 aliphatic rings. The molecule has 1 heterocycles. The van der Waals surface area contributed by atoms with Crippen molar-refractivity contribution in [3.63, 3.8) is 0 Å². The second-order valence-electron chi connectivity index (χ2n) is 1.89. The van der Waals surface area contributed by atoms with Crippen molar-refractivity contribution in [2.75, 3.05) is 0 Å². The van der Waals surface area contributed by atoms with E-state index in [2.05, 4.69) is 4.98 Å². The van der Waals surface area contributed by atoms with Crippen molar-refractivity contribution in [2.45, 2.75) is 6.29 Å². The Kier molecular flexibility index (Phi) is 2.67. The van der Waals surface area contributed by atoms with Crippen LogP contribution < -0.4 is 0 Å². The summed E-state index contributed by atoms with van der Waals surface area (Å²) in [4.78, 5) is 3.61. The third-order valence-corrected chi connectivity index (χ3v) is 1.64. The van der Waals surface area contributed by atoms with Gasteiger partial charge in [-0.1, -0.05) is 23.2 Å². The standard InChI is InChI=1S/C6H5Cl2NO2/c7-4-2-1-3(6(10)11)5(8)9-4/h1-2,6,10-11H. The zero-order valence-electron chi connectivity index (χ0n) is 5.33. The van der Waals surface area contributed by atoms with Crippen LogP contribution in [-0.4, -0.2) is 15.2 Å². The number of pyridine rings is 1. The Morgan fingerprint density at radius 1 is 1.27 bits per heavy atom. The van der Waals surface area contributed by atoms with Crippen molar-refractivity contribution in [3.05, 3.63) is 28.0 Å². The zero-order chi connectivity index (χ0) is 8.43. The minimum Gasteiger partial charge on any atom is -0.364 e. The summed E-state index contributed by atoms with van der Waals surface area (Å²) in [6.07, 6.45) is -1.60. The SMILES string of the molecule is OC(O)c1ccc(Cl)nc1Cl. The lowest BCUT2D eigenvalue weighted by atomic mass is 10.3. The largest absolute Gasteiger partial charge is 0.364 e. The Labute approximate surface area is 73.2 Å². The predicted octanol–water partition coefficient (Wildman–Crippen LogP) is 1.37. The normalized spacial score (nSPS) is 10.6. The number of aromatic nitrogens is 1. The first-order valence-electron chi connectivity index (χ1n) is 2.79. The van der Waals surface area contributed by atoms with Gasteiger partial charge in [-0.05, 0) is 12.1 Å². The van der Waals surface area contributed by atoms with Gasteiger partial charge in [-0.2, -0.15) is 0 Å². The van der Waals surface area contributed by atoms with E-state index < -0.39 is 6.29 Å². The molecule has 0 radical (unpaired) electrons. The molecule has 0 amide bonds. The Hall–Kier alpha value is -0.350. The quantitative estimate of drug-likeness (QED) is 0.524. The van der Waals surface area contributed by atoms with E-state index in [-0.39, 0.29) is 15.9 Å². The van der Waals surface area contributed by atoms with E-state index in [0.717, 1.165) is 0 Å². The van der Waals surface area contributed by atoms with E-state index >= 15 is 0 Å². The van der Waals surface area contributed by atoms with Gasteiger partial charge in [0.05, 0.1) is 0 Å². The summed E-state index contributed by atoms with van der Waals surface area (Å²) in [7, 11) is 0. The van der Waals surface area contributed by atoms with Gasteiger partial charge in [-0.25, -0.2) is 4.98 Å². The summed E-state index contributed by atoms with van der Waals surface area (Å²) in [5, 5.41) is 17.6. The average molecular weight is 194 g/mol. The minimum absolute atomic E-state index is 0.00694. The van der Waals surface area contributed by atoms with Crippen LogP contribution in [0.3, 0.4) is 0 Å². The number of halogens is 2. The van der Waals surface area contributed by atoms with Crippen LogP contribution in [0.1, 0.15) is 11.9 Å². The highest BCUT2D eigenvalue weighted by Crippen LogP contribution is 2.20. The molecule has 3 nitrogen and oxygen atoms in total. The molecular weight excluding hydrogens is 189 g/mol. The van der Waals surface area contributed by atoms with Gasteiger partial charge in [-0.15, -0.1) is 0 Å². The molecule has 0 atom stereocenters. The summed E-state index contributed by atoms with van der Waals surface area (Å²) in [5.41, 5.74) is 0.149. The molecule has 60 valence electrons. The molecule has 1 aromatic rings. The highest BCUT2D eigenvalue weighted by molar-refractivity contribution is 6.32. The van der Waals surface area contributed by atoms with Crippen LogP contribution in [0.2, 0.25) is 10.3 Å². The molecular formula is C6H5Cl2NO2. The minimum atomic E-state index is -1.60. The zero-order valence-corrected chi connectivity index (χ0v) is 6.84. The Morgan fingerprint density at radius 2 is 1.91 bits per heavy atom. The van der Waals surface area contributed by atoms with Gasteiger partial charge in [-0.3, -0.25) is 0 Å². The molecule has 11 heavy (non-hydrogen) atoms. The van der Waals surface area contributed by atoms with Crippen molar-refractivity contribution >= 4 is 23.2 Å². The van der Waals surface area contributed by atoms with Crippen LogP contribution in [0.25, 0.3) is 0 Å². The van der Waals surface area contributed by atoms with Gasteiger partial charge in [0.25, 0.3) is 0 Å². The van der Waals surface area contributed by atoms with Crippen molar-refractivity contribution < 1.29 is 10.2 Å². The fraction of sp³-hybridized carbons (Fsp3) is 0.167. The van der Waals surface area contributed by atoms with Crippen LogP contribution in [-0.2, 0) is 0 Å². The smallest absolute Gasteiger partial charge is 0.181 e. The molecule has 0 aliphatic carbocycles. The maximum atomic E-state index is 8.68. The Morgan fingerprint density at radius 3 is 2.36 bits per heavy atom. The van der Waals surface area contributed by atoms with Gasteiger partial charge in [0.1, 0.15) is 10.3 Å². The Bertz CT molecular complexity index is 265. The molecule has 0 saturated heterocycles. The summed E-state index contributed by atoms with van der Waals surface area (Å²) >= 11 is 11.0. The molecule has 1 rings (SSSR count). The molecule has 0 spiro atoms. The van der Waals surface area contributed by atoms with Crippen molar-refractivity contribution in [3.8, 4) is 0 Å².